The fourth-order valence-corrected chi connectivity index (χ4v) is 4.21. The quantitative estimate of drug-likeness (QED) is 0.494. The molecule has 136 valence electrons. The third-order valence-corrected chi connectivity index (χ3v) is 6.23. The molecule has 1 unspecified atom stereocenters. The van der Waals surface area contributed by atoms with Crippen molar-refractivity contribution in [2.45, 2.75) is 69.1 Å². The zero-order valence-corrected chi connectivity index (χ0v) is 16.1. The van der Waals surface area contributed by atoms with Gasteiger partial charge in [0, 0.05) is 11.5 Å². The summed E-state index contributed by atoms with van der Waals surface area (Å²) in [6.07, 6.45) is 12.0. The average Bonchev–Trinajstić information content (AvgIpc) is 3.13. The van der Waals surface area contributed by atoms with Crippen molar-refractivity contribution in [3.8, 4) is 11.4 Å². The van der Waals surface area contributed by atoms with Gasteiger partial charge >= 0.3 is 0 Å². The van der Waals surface area contributed by atoms with Crippen LogP contribution in [-0.4, -0.2) is 20.9 Å². The van der Waals surface area contributed by atoms with Gasteiger partial charge in [-0.15, -0.1) is 0 Å². The topological polar surface area (TPSA) is 62.0 Å². The van der Waals surface area contributed by atoms with E-state index in [4.69, 9.17) is 4.52 Å². The van der Waals surface area contributed by atoms with Gasteiger partial charge in [0.05, 0.1) is 0 Å². The molecule has 0 saturated heterocycles. The summed E-state index contributed by atoms with van der Waals surface area (Å²) in [6, 6.07) is 7.55. The lowest BCUT2D eigenvalue weighted by Gasteiger charge is -2.26. The van der Waals surface area contributed by atoms with Gasteiger partial charge in [0.25, 0.3) is 0 Å². The predicted molar refractivity (Wildman–Crippen MR) is 101 cm³/mol. The summed E-state index contributed by atoms with van der Waals surface area (Å²) in [6.45, 7) is 2.26. The maximum atomic E-state index is 11.5. The van der Waals surface area contributed by atoms with Crippen LogP contribution in [0.5, 0.6) is 0 Å². The maximum absolute atomic E-state index is 11.5. The summed E-state index contributed by atoms with van der Waals surface area (Å²) in [5.41, 5.74) is 0.914. The molecule has 1 aromatic heterocycles. The van der Waals surface area contributed by atoms with Gasteiger partial charge < -0.3 is 9.08 Å². The molecule has 2 aromatic rings. The van der Waals surface area contributed by atoms with E-state index in [0.29, 0.717) is 11.7 Å². The third-order valence-electron chi connectivity index (χ3n) is 5.30. The molecule has 4 nitrogen and oxygen atoms in total. The molecule has 0 bridgehead atoms. The van der Waals surface area contributed by atoms with Crippen LogP contribution in [0.4, 0.5) is 0 Å². The van der Waals surface area contributed by atoms with Crippen LogP contribution in [0, 0.1) is 5.92 Å². The number of hydrogen-bond donors (Lipinski definition) is 0. The lowest BCUT2D eigenvalue weighted by atomic mass is 9.79. The average molecular weight is 361 g/mol. The number of aromatic nitrogens is 2. The molecule has 5 heteroatoms. The second kappa shape index (κ2) is 8.86. The maximum Gasteiger partial charge on any atom is 0.230 e. The fourth-order valence-electron chi connectivity index (χ4n) is 3.70. The van der Waals surface area contributed by atoms with E-state index >= 15 is 0 Å². The SMILES string of the molecule is CCCCCC1CCC(c2nc(-c3ccc([S+](C)[O-])cc3)no2)CC1. The summed E-state index contributed by atoms with van der Waals surface area (Å²) < 4.78 is 17.0. The van der Waals surface area contributed by atoms with Crippen LogP contribution >= 0.6 is 0 Å². The molecular formula is C20H28N2O2S. The van der Waals surface area contributed by atoms with Crippen LogP contribution in [-0.2, 0) is 11.2 Å². The number of hydrogen-bond acceptors (Lipinski definition) is 4. The smallest absolute Gasteiger partial charge is 0.230 e. The first-order valence-electron chi connectivity index (χ1n) is 9.44. The Morgan fingerprint density at radius 1 is 1.12 bits per heavy atom. The van der Waals surface area contributed by atoms with E-state index in [-0.39, 0.29) is 0 Å². The Kier molecular flexibility index (Phi) is 6.54. The normalized spacial score (nSPS) is 22.0. The van der Waals surface area contributed by atoms with Crippen LogP contribution in [0.2, 0.25) is 0 Å². The molecule has 0 radical (unpaired) electrons. The molecule has 0 spiro atoms. The monoisotopic (exact) mass is 360 g/mol. The third kappa shape index (κ3) is 4.85. The van der Waals surface area contributed by atoms with Gasteiger partial charge in [-0.25, -0.2) is 0 Å². The van der Waals surface area contributed by atoms with Crippen molar-refractivity contribution in [1.29, 1.82) is 0 Å². The van der Waals surface area contributed by atoms with Gasteiger partial charge in [0.1, 0.15) is 6.26 Å². The Hall–Kier alpha value is -1.33. The molecule has 3 rings (SSSR count). The van der Waals surface area contributed by atoms with Crippen LogP contribution in [0.1, 0.15) is 70.1 Å². The lowest BCUT2D eigenvalue weighted by molar-refractivity contribution is 0.259. The van der Waals surface area contributed by atoms with Gasteiger partial charge in [-0.1, -0.05) is 37.8 Å². The molecule has 0 aliphatic heterocycles. The molecule has 0 N–H and O–H groups in total. The van der Waals surface area contributed by atoms with E-state index in [1.165, 1.54) is 38.5 Å². The molecule has 1 aliphatic rings. The van der Waals surface area contributed by atoms with Crippen LogP contribution in [0.25, 0.3) is 11.4 Å². The highest BCUT2D eigenvalue weighted by atomic mass is 32.2. The minimum Gasteiger partial charge on any atom is -0.612 e. The van der Waals surface area contributed by atoms with Crippen molar-refractivity contribution in [3.63, 3.8) is 0 Å². The van der Waals surface area contributed by atoms with Gasteiger partial charge in [-0.2, -0.15) is 4.98 Å². The molecule has 1 fully saturated rings. The van der Waals surface area contributed by atoms with Crippen molar-refractivity contribution in [2.24, 2.45) is 5.92 Å². The predicted octanol–water partition coefficient (Wildman–Crippen LogP) is 5.33. The van der Waals surface area contributed by atoms with Crippen LogP contribution in [0.3, 0.4) is 0 Å². The lowest BCUT2D eigenvalue weighted by Crippen LogP contribution is -2.13. The second-order valence-electron chi connectivity index (χ2n) is 7.15. The Balaban J connectivity index is 1.57. The van der Waals surface area contributed by atoms with Gasteiger partial charge in [-0.3, -0.25) is 0 Å². The van der Waals surface area contributed by atoms with Gasteiger partial charge in [0.2, 0.25) is 11.7 Å². The highest BCUT2D eigenvalue weighted by Gasteiger charge is 2.26. The van der Waals surface area contributed by atoms with E-state index in [2.05, 4.69) is 17.1 Å². The van der Waals surface area contributed by atoms with E-state index in [1.807, 2.05) is 24.3 Å². The standard InChI is InChI=1S/C20H28N2O2S/c1-3-4-5-6-15-7-9-17(10-8-15)20-21-19(22-24-20)16-11-13-18(14-12-16)25(2)23/h11-15,17H,3-10H2,1-2H3. The summed E-state index contributed by atoms with van der Waals surface area (Å²) >= 11 is -0.963. The molecule has 1 saturated carbocycles. The fraction of sp³-hybridized carbons (Fsp3) is 0.600. The molecule has 1 aliphatic carbocycles. The zero-order valence-electron chi connectivity index (χ0n) is 15.2. The molecule has 0 amide bonds. The second-order valence-corrected chi connectivity index (χ2v) is 8.53. The van der Waals surface area contributed by atoms with E-state index in [1.54, 1.807) is 6.26 Å². The van der Waals surface area contributed by atoms with Gasteiger partial charge in [-0.05, 0) is 67.0 Å². The van der Waals surface area contributed by atoms with Crippen molar-refractivity contribution in [1.82, 2.24) is 10.1 Å². The first kappa shape index (κ1) is 18.5. The highest BCUT2D eigenvalue weighted by molar-refractivity contribution is 7.90. The summed E-state index contributed by atoms with van der Waals surface area (Å²) in [5, 5.41) is 4.15. The van der Waals surface area contributed by atoms with Crippen LogP contribution < -0.4 is 0 Å². The van der Waals surface area contributed by atoms with E-state index in [9.17, 15) is 4.55 Å². The molecule has 1 atom stereocenters. The Bertz CT molecular complexity index is 646. The van der Waals surface area contributed by atoms with Crippen molar-refractivity contribution >= 4 is 11.2 Å². The Labute approximate surface area is 153 Å². The van der Waals surface area contributed by atoms with E-state index in [0.717, 1.165) is 35.1 Å². The van der Waals surface area contributed by atoms with Crippen molar-refractivity contribution in [3.05, 3.63) is 30.2 Å². The number of unbranched alkanes of at least 4 members (excludes halogenated alkanes) is 2. The molecular weight excluding hydrogens is 332 g/mol. The highest BCUT2D eigenvalue weighted by Crippen LogP contribution is 2.37. The first-order valence-corrected chi connectivity index (χ1v) is 11.0. The summed E-state index contributed by atoms with van der Waals surface area (Å²) in [5.74, 6) is 2.71. The number of benzene rings is 1. The van der Waals surface area contributed by atoms with E-state index < -0.39 is 11.2 Å². The zero-order chi connectivity index (χ0) is 17.6. The minimum absolute atomic E-state index is 0.408. The minimum atomic E-state index is -0.963. The number of nitrogens with zero attached hydrogens (tertiary/aromatic N) is 2. The van der Waals surface area contributed by atoms with Crippen LogP contribution in [0.15, 0.2) is 33.7 Å². The molecule has 25 heavy (non-hydrogen) atoms. The van der Waals surface area contributed by atoms with Crippen molar-refractivity contribution in [2.75, 3.05) is 6.26 Å². The summed E-state index contributed by atoms with van der Waals surface area (Å²) in [7, 11) is 0. The van der Waals surface area contributed by atoms with Gasteiger partial charge in [0.15, 0.2) is 4.90 Å². The first-order chi connectivity index (χ1) is 12.2. The van der Waals surface area contributed by atoms with Crippen molar-refractivity contribution < 1.29 is 9.08 Å². The Morgan fingerprint density at radius 2 is 1.84 bits per heavy atom. The molecule has 1 aromatic carbocycles. The largest absolute Gasteiger partial charge is 0.612 e. The Morgan fingerprint density at radius 3 is 2.48 bits per heavy atom. The molecule has 1 heterocycles. The summed E-state index contributed by atoms with van der Waals surface area (Å²) in [4.78, 5) is 5.44. The number of rotatable bonds is 7.